The van der Waals surface area contributed by atoms with E-state index in [1.807, 2.05) is 49.6 Å². The maximum atomic E-state index is 12.4. The number of rotatable bonds is 3. The molecule has 1 heterocycles. The highest BCUT2D eigenvalue weighted by Crippen LogP contribution is 2.40. The summed E-state index contributed by atoms with van der Waals surface area (Å²) < 4.78 is 1.88. The molecule has 1 aromatic heterocycles. The van der Waals surface area contributed by atoms with Crippen LogP contribution >= 0.6 is 0 Å². The number of hydrogen-bond donors (Lipinski definition) is 2. The molecule has 5 heteroatoms. The van der Waals surface area contributed by atoms with Crippen LogP contribution in [-0.4, -0.2) is 32.7 Å². The summed E-state index contributed by atoms with van der Waals surface area (Å²) in [5, 5.41) is 12.8. The number of carbonyl (C=O) groups excluding carboxylic acids is 1. The third kappa shape index (κ3) is 2.21. The SMILES string of the molecule is CC(C(=O)NC1CC(O)C1(C)C)n1cnc2ccccc21. The quantitative estimate of drug-likeness (QED) is 0.905. The van der Waals surface area contributed by atoms with E-state index in [1.54, 1.807) is 6.33 Å². The zero-order chi connectivity index (χ0) is 15.2. The summed E-state index contributed by atoms with van der Waals surface area (Å²) in [6, 6.07) is 7.47. The summed E-state index contributed by atoms with van der Waals surface area (Å²) in [4.78, 5) is 16.8. The molecule has 1 aromatic carbocycles. The fourth-order valence-corrected chi connectivity index (χ4v) is 2.85. The zero-order valence-electron chi connectivity index (χ0n) is 12.6. The second-order valence-electron chi connectivity index (χ2n) is 6.45. The lowest BCUT2D eigenvalue weighted by molar-refractivity contribution is -0.131. The molecule has 1 aliphatic rings. The molecule has 3 atom stereocenters. The van der Waals surface area contributed by atoms with Crippen LogP contribution in [0.1, 0.15) is 33.2 Å². The molecule has 0 saturated heterocycles. The van der Waals surface area contributed by atoms with Gasteiger partial charge in [-0.05, 0) is 25.5 Å². The number of aliphatic hydroxyl groups excluding tert-OH is 1. The molecule has 1 saturated carbocycles. The fraction of sp³-hybridized carbons (Fsp3) is 0.500. The van der Waals surface area contributed by atoms with Crippen molar-refractivity contribution >= 4 is 16.9 Å². The molecule has 2 N–H and O–H groups in total. The van der Waals surface area contributed by atoms with Gasteiger partial charge >= 0.3 is 0 Å². The fourth-order valence-electron chi connectivity index (χ4n) is 2.85. The Balaban J connectivity index is 1.76. The number of carbonyl (C=O) groups is 1. The molecule has 1 fully saturated rings. The average Bonchev–Trinajstić information content (AvgIpc) is 2.90. The van der Waals surface area contributed by atoms with E-state index in [9.17, 15) is 9.90 Å². The van der Waals surface area contributed by atoms with Crippen molar-refractivity contribution in [2.75, 3.05) is 0 Å². The van der Waals surface area contributed by atoms with E-state index >= 15 is 0 Å². The summed E-state index contributed by atoms with van der Waals surface area (Å²) in [7, 11) is 0. The van der Waals surface area contributed by atoms with E-state index in [2.05, 4.69) is 10.3 Å². The number of aliphatic hydroxyl groups is 1. The Morgan fingerprint density at radius 2 is 2.19 bits per heavy atom. The molecule has 21 heavy (non-hydrogen) atoms. The first-order chi connectivity index (χ1) is 9.91. The van der Waals surface area contributed by atoms with E-state index in [0.717, 1.165) is 11.0 Å². The minimum absolute atomic E-state index is 0.0252. The maximum Gasteiger partial charge on any atom is 0.243 e. The summed E-state index contributed by atoms with van der Waals surface area (Å²) in [5.74, 6) is -0.0388. The van der Waals surface area contributed by atoms with E-state index in [0.29, 0.717) is 6.42 Å². The first-order valence-corrected chi connectivity index (χ1v) is 7.31. The van der Waals surface area contributed by atoms with Crippen molar-refractivity contribution in [2.45, 2.75) is 45.4 Å². The molecule has 0 aliphatic heterocycles. The molecule has 0 radical (unpaired) electrons. The first kappa shape index (κ1) is 14.1. The Labute approximate surface area is 124 Å². The highest BCUT2D eigenvalue weighted by Gasteiger charge is 2.48. The van der Waals surface area contributed by atoms with Gasteiger partial charge in [0.2, 0.25) is 5.91 Å². The number of hydrogen-bond acceptors (Lipinski definition) is 3. The van der Waals surface area contributed by atoms with E-state index in [-0.39, 0.29) is 29.5 Å². The number of nitrogens with one attached hydrogen (secondary N) is 1. The number of benzene rings is 1. The number of imidazole rings is 1. The predicted octanol–water partition coefficient (Wildman–Crippen LogP) is 1.87. The highest BCUT2D eigenvalue weighted by molar-refractivity contribution is 5.83. The number of amides is 1. The Bertz CT molecular complexity index is 677. The molecular formula is C16H21N3O2. The van der Waals surface area contributed by atoms with Gasteiger partial charge in [-0.15, -0.1) is 0 Å². The minimum Gasteiger partial charge on any atom is -0.392 e. The van der Waals surface area contributed by atoms with E-state index in [4.69, 9.17) is 0 Å². The minimum atomic E-state index is -0.341. The number of nitrogens with zero attached hydrogens (tertiary/aromatic N) is 2. The standard InChI is InChI=1S/C16H21N3O2/c1-10(15(21)18-13-8-14(20)16(13,2)3)19-9-17-11-6-4-5-7-12(11)19/h4-7,9-10,13-14,20H,8H2,1-3H3,(H,18,21). The van der Waals surface area contributed by atoms with Gasteiger partial charge in [0.1, 0.15) is 6.04 Å². The van der Waals surface area contributed by atoms with Crippen LogP contribution in [0.25, 0.3) is 11.0 Å². The van der Waals surface area contributed by atoms with Gasteiger partial charge in [-0.3, -0.25) is 4.79 Å². The van der Waals surface area contributed by atoms with Crippen molar-refractivity contribution < 1.29 is 9.90 Å². The molecule has 3 rings (SSSR count). The van der Waals surface area contributed by atoms with Crippen molar-refractivity contribution in [1.82, 2.24) is 14.9 Å². The van der Waals surface area contributed by atoms with Crippen molar-refractivity contribution in [3.63, 3.8) is 0 Å². The van der Waals surface area contributed by atoms with Crippen molar-refractivity contribution in [1.29, 1.82) is 0 Å². The lowest BCUT2D eigenvalue weighted by Crippen LogP contribution is -2.61. The van der Waals surface area contributed by atoms with Gasteiger partial charge in [-0.2, -0.15) is 0 Å². The summed E-state index contributed by atoms with van der Waals surface area (Å²) in [6.07, 6.45) is 1.98. The monoisotopic (exact) mass is 287 g/mol. The molecule has 0 spiro atoms. The largest absolute Gasteiger partial charge is 0.392 e. The van der Waals surface area contributed by atoms with Gasteiger partial charge in [0.15, 0.2) is 0 Å². The normalized spacial score (nSPS) is 25.3. The summed E-state index contributed by atoms with van der Waals surface area (Å²) >= 11 is 0. The van der Waals surface area contributed by atoms with Crippen LogP contribution in [-0.2, 0) is 4.79 Å². The summed E-state index contributed by atoms with van der Waals surface area (Å²) in [6.45, 7) is 5.82. The average molecular weight is 287 g/mol. The van der Waals surface area contributed by atoms with Gasteiger partial charge in [-0.25, -0.2) is 4.98 Å². The lowest BCUT2D eigenvalue weighted by Gasteiger charge is -2.49. The van der Waals surface area contributed by atoms with E-state index in [1.165, 1.54) is 0 Å². The van der Waals surface area contributed by atoms with Crippen LogP contribution in [0, 0.1) is 5.41 Å². The van der Waals surface area contributed by atoms with Crippen LogP contribution in [0.2, 0.25) is 0 Å². The lowest BCUT2D eigenvalue weighted by atomic mass is 9.64. The topological polar surface area (TPSA) is 67.2 Å². The Morgan fingerprint density at radius 3 is 2.86 bits per heavy atom. The third-order valence-corrected chi connectivity index (χ3v) is 4.81. The van der Waals surface area contributed by atoms with Crippen molar-refractivity contribution in [3.8, 4) is 0 Å². The van der Waals surface area contributed by atoms with Gasteiger partial charge in [0, 0.05) is 11.5 Å². The Kier molecular flexibility index (Phi) is 3.24. The van der Waals surface area contributed by atoms with Crippen LogP contribution in [0.3, 0.4) is 0 Å². The van der Waals surface area contributed by atoms with Crippen LogP contribution in [0.15, 0.2) is 30.6 Å². The maximum absolute atomic E-state index is 12.4. The van der Waals surface area contributed by atoms with Crippen LogP contribution in [0.4, 0.5) is 0 Å². The molecule has 112 valence electrons. The molecule has 5 nitrogen and oxygen atoms in total. The number of aromatic nitrogens is 2. The predicted molar refractivity (Wildman–Crippen MR) is 80.8 cm³/mol. The van der Waals surface area contributed by atoms with Crippen LogP contribution < -0.4 is 5.32 Å². The third-order valence-electron chi connectivity index (χ3n) is 4.81. The van der Waals surface area contributed by atoms with E-state index < -0.39 is 0 Å². The number of fused-ring (bicyclic) bond motifs is 1. The molecule has 1 amide bonds. The molecule has 1 aliphatic carbocycles. The smallest absolute Gasteiger partial charge is 0.243 e. The Hall–Kier alpha value is -1.88. The van der Waals surface area contributed by atoms with Crippen molar-refractivity contribution in [3.05, 3.63) is 30.6 Å². The van der Waals surface area contributed by atoms with Crippen LogP contribution in [0.5, 0.6) is 0 Å². The number of para-hydroxylation sites is 2. The van der Waals surface area contributed by atoms with Gasteiger partial charge in [0.05, 0.1) is 23.5 Å². The zero-order valence-corrected chi connectivity index (χ0v) is 12.6. The Morgan fingerprint density at radius 1 is 1.48 bits per heavy atom. The van der Waals surface area contributed by atoms with Gasteiger partial charge in [-0.1, -0.05) is 26.0 Å². The first-order valence-electron chi connectivity index (χ1n) is 7.31. The molecule has 3 unspecified atom stereocenters. The highest BCUT2D eigenvalue weighted by atomic mass is 16.3. The molecular weight excluding hydrogens is 266 g/mol. The van der Waals surface area contributed by atoms with Crippen molar-refractivity contribution in [2.24, 2.45) is 5.41 Å². The molecule has 2 aromatic rings. The second kappa shape index (κ2) is 4.84. The van der Waals surface area contributed by atoms with Gasteiger partial charge < -0.3 is 15.0 Å². The second-order valence-corrected chi connectivity index (χ2v) is 6.45. The summed E-state index contributed by atoms with van der Waals surface area (Å²) in [5.41, 5.74) is 1.58. The van der Waals surface area contributed by atoms with Gasteiger partial charge in [0.25, 0.3) is 0 Å². The molecule has 0 bridgehead atoms.